The predicted octanol–water partition coefficient (Wildman–Crippen LogP) is 1.71. The van der Waals surface area contributed by atoms with E-state index in [1.54, 1.807) is 0 Å². The minimum absolute atomic E-state index is 0.123. The SMILES string of the molecule is CCOc1ccc2c(c1)C[C@H](C(=O)N1CCC[C@H]1C(=O)O)CO2. The van der Waals surface area contributed by atoms with Crippen LogP contribution < -0.4 is 9.47 Å². The number of amides is 1. The number of hydrogen-bond acceptors (Lipinski definition) is 4. The van der Waals surface area contributed by atoms with Crippen LogP contribution >= 0.6 is 0 Å². The van der Waals surface area contributed by atoms with Crippen molar-refractivity contribution < 1.29 is 24.2 Å². The van der Waals surface area contributed by atoms with Crippen molar-refractivity contribution in [2.75, 3.05) is 19.8 Å². The molecular formula is C17H21NO5. The minimum atomic E-state index is -0.924. The summed E-state index contributed by atoms with van der Waals surface area (Å²) in [5.41, 5.74) is 0.937. The largest absolute Gasteiger partial charge is 0.494 e. The molecule has 1 N–H and O–H groups in total. The molecule has 0 unspecified atom stereocenters. The maximum Gasteiger partial charge on any atom is 0.326 e. The average Bonchev–Trinajstić information content (AvgIpc) is 3.03. The normalized spacial score (nSPS) is 23.1. The third kappa shape index (κ3) is 3.11. The highest BCUT2D eigenvalue weighted by atomic mass is 16.5. The molecule has 0 spiro atoms. The monoisotopic (exact) mass is 319 g/mol. The molecule has 0 aromatic heterocycles. The van der Waals surface area contributed by atoms with Crippen LogP contribution in [0.5, 0.6) is 11.5 Å². The van der Waals surface area contributed by atoms with Crippen LogP contribution in [0.25, 0.3) is 0 Å². The van der Waals surface area contributed by atoms with Gasteiger partial charge < -0.3 is 19.5 Å². The standard InChI is InChI=1S/C17H21NO5/c1-2-22-13-5-6-15-11(9-13)8-12(10-23-15)16(19)18-7-3-4-14(18)17(20)21/h5-6,9,12,14H,2-4,7-8,10H2,1H3,(H,20,21)/t12-,14-/m0/s1. The van der Waals surface area contributed by atoms with Gasteiger partial charge in [-0.3, -0.25) is 4.79 Å². The molecule has 0 bridgehead atoms. The molecule has 6 heteroatoms. The second-order valence-electron chi connectivity index (χ2n) is 5.94. The number of benzene rings is 1. The molecule has 2 atom stereocenters. The summed E-state index contributed by atoms with van der Waals surface area (Å²) in [6.45, 7) is 3.30. The molecule has 0 saturated carbocycles. The van der Waals surface area contributed by atoms with Crippen LogP contribution in [0, 0.1) is 5.92 Å². The van der Waals surface area contributed by atoms with Crippen LogP contribution in [-0.2, 0) is 16.0 Å². The van der Waals surface area contributed by atoms with E-state index < -0.39 is 12.0 Å². The summed E-state index contributed by atoms with van der Waals surface area (Å²) >= 11 is 0. The molecule has 23 heavy (non-hydrogen) atoms. The number of carbonyl (C=O) groups excluding carboxylic acids is 1. The van der Waals surface area contributed by atoms with Gasteiger partial charge in [0.2, 0.25) is 5.91 Å². The maximum absolute atomic E-state index is 12.7. The number of nitrogens with zero attached hydrogens (tertiary/aromatic N) is 1. The Morgan fingerprint density at radius 2 is 2.26 bits per heavy atom. The summed E-state index contributed by atoms with van der Waals surface area (Å²) in [6, 6.07) is 4.91. The van der Waals surface area contributed by atoms with Gasteiger partial charge in [0.1, 0.15) is 24.1 Å². The molecule has 0 aliphatic carbocycles. The van der Waals surface area contributed by atoms with E-state index >= 15 is 0 Å². The molecule has 0 radical (unpaired) electrons. The molecule has 1 fully saturated rings. The molecule has 1 amide bonds. The summed E-state index contributed by atoms with van der Waals surface area (Å²) in [5, 5.41) is 9.24. The number of fused-ring (bicyclic) bond motifs is 1. The first kappa shape index (κ1) is 15.6. The quantitative estimate of drug-likeness (QED) is 0.914. The lowest BCUT2D eigenvalue weighted by atomic mass is 9.95. The number of ether oxygens (including phenoxy) is 2. The van der Waals surface area contributed by atoms with Gasteiger partial charge in [-0.15, -0.1) is 0 Å². The first-order valence-corrected chi connectivity index (χ1v) is 8.02. The van der Waals surface area contributed by atoms with E-state index in [2.05, 4.69) is 0 Å². The molecule has 2 heterocycles. The van der Waals surface area contributed by atoms with Gasteiger partial charge in [-0.1, -0.05) is 0 Å². The van der Waals surface area contributed by atoms with Crippen molar-refractivity contribution in [3.05, 3.63) is 23.8 Å². The number of carbonyl (C=O) groups is 2. The van der Waals surface area contributed by atoms with E-state index in [-0.39, 0.29) is 11.8 Å². The Kier molecular flexibility index (Phi) is 4.41. The molecular weight excluding hydrogens is 298 g/mol. The zero-order valence-corrected chi connectivity index (χ0v) is 13.2. The third-order valence-corrected chi connectivity index (χ3v) is 4.42. The van der Waals surface area contributed by atoms with Gasteiger partial charge in [0, 0.05) is 6.54 Å². The zero-order valence-electron chi connectivity index (χ0n) is 13.2. The van der Waals surface area contributed by atoms with Crippen molar-refractivity contribution >= 4 is 11.9 Å². The molecule has 2 aliphatic heterocycles. The van der Waals surface area contributed by atoms with Crippen LogP contribution in [0.2, 0.25) is 0 Å². The second kappa shape index (κ2) is 6.48. The van der Waals surface area contributed by atoms with Gasteiger partial charge in [0.15, 0.2) is 0 Å². The molecule has 2 aliphatic rings. The smallest absolute Gasteiger partial charge is 0.326 e. The third-order valence-electron chi connectivity index (χ3n) is 4.42. The summed E-state index contributed by atoms with van der Waals surface area (Å²) in [7, 11) is 0. The van der Waals surface area contributed by atoms with Crippen molar-refractivity contribution in [2.24, 2.45) is 5.92 Å². The van der Waals surface area contributed by atoms with Crippen molar-refractivity contribution in [3.8, 4) is 11.5 Å². The summed E-state index contributed by atoms with van der Waals surface area (Å²) < 4.78 is 11.2. The molecule has 1 aromatic rings. The minimum Gasteiger partial charge on any atom is -0.494 e. The van der Waals surface area contributed by atoms with Crippen LogP contribution in [0.1, 0.15) is 25.3 Å². The zero-order chi connectivity index (χ0) is 16.4. The van der Waals surface area contributed by atoms with Crippen molar-refractivity contribution in [1.29, 1.82) is 0 Å². The highest BCUT2D eigenvalue weighted by Gasteiger charge is 2.38. The highest BCUT2D eigenvalue weighted by Crippen LogP contribution is 2.32. The van der Waals surface area contributed by atoms with Crippen LogP contribution in [0.4, 0.5) is 0 Å². The van der Waals surface area contributed by atoms with Gasteiger partial charge in [0.25, 0.3) is 0 Å². The molecule has 1 saturated heterocycles. The van der Waals surface area contributed by atoms with Gasteiger partial charge in [-0.25, -0.2) is 4.79 Å². The Morgan fingerprint density at radius 3 is 3.00 bits per heavy atom. The van der Waals surface area contributed by atoms with Crippen LogP contribution in [0.3, 0.4) is 0 Å². The van der Waals surface area contributed by atoms with Crippen molar-refractivity contribution in [1.82, 2.24) is 4.90 Å². The summed E-state index contributed by atoms with van der Waals surface area (Å²) in [4.78, 5) is 25.5. The molecule has 124 valence electrons. The fourth-order valence-corrected chi connectivity index (χ4v) is 3.31. The first-order valence-electron chi connectivity index (χ1n) is 8.02. The first-order chi connectivity index (χ1) is 11.1. The Bertz CT molecular complexity index is 615. The van der Waals surface area contributed by atoms with Gasteiger partial charge in [0.05, 0.1) is 12.5 Å². The summed E-state index contributed by atoms with van der Waals surface area (Å²) in [6.07, 6.45) is 1.82. The van der Waals surface area contributed by atoms with Crippen LogP contribution in [0.15, 0.2) is 18.2 Å². The Labute approximate surface area is 135 Å². The predicted molar refractivity (Wildman–Crippen MR) is 82.7 cm³/mol. The number of likely N-dealkylation sites (tertiary alicyclic amines) is 1. The number of aliphatic carboxylic acids is 1. The van der Waals surface area contributed by atoms with E-state index in [4.69, 9.17) is 9.47 Å². The lowest BCUT2D eigenvalue weighted by Crippen LogP contribution is -2.46. The van der Waals surface area contributed by atoms with E-state index in [1.807, 2.05) is 25.1 Å². The lowest BCUT2D eigenvalue weighted by molar-refractivity contribution is -0.150. The topological polar surface area (TPSA) is 76.1 Å². The Hall–Kier alpha value is -2.24. The number of carboxylic acids is 1. The Morgan fingerprint density at radius 1 is 1.43 bits per heavy atom. The molecule has 6 nitrogen and oxygen atoms in total. The molecule has 1 aromatic carbocycles. The van der Waals surface area contributed by atoms with E-state index in [9.17, 15) is 14.7 Å². The van der Waals surface area contributed by atoms with Gasteiger partial charge in [-0.05, 0) is 49.9 Å². The fourth-order valence-electron chi connectivity index (χ4n) is 3.31. The van der Waals surface area contributed by atoms with Gasteiger partial charge >= 0.3 is 5.97 Å². The van der Waals surface area contributed by atoms with E-state index in [0.29, 0.717) is 32.6 Å². The molecule has 3 rings (SSSR count). The van der Waals surface area contributed by atoms with E-state index in [0.717, 1.165) is 23.5 Å². The summed E-state index contributed by atoms with van der Waals surface area (Å²) in [5.74, 6) is 0.148. The number of carboxylic acid groups (broad SMARTS) is 1. The van der Waals surface area contributed by atoms with Crippen molar-refractivity contribution in [3.63, 3.8) is 0 Å². The average molecular weight is 319 g/mol. The lowest BCUT2D eigenvalue weighted by Gasteiger charge is -2.30. The Balaban J connectivity index is 1.74. The van der Waals surface area contributed by atoms with Crippen LogP contribution in [-0.4, -0.2) is 47.7 Å². The second-order valence-corrected chi connectivity index (χ2v) is 5.94. The number of hydrogen-bond donors (Lipinski definition) is 1. The maximum atomic E-state index is 12.7. The number of rotatable bonds is 4. The highest BCUT2D eigenvalue weighted by molar-refractivity contribution is 5.86. The fraction of sp³-hybridized carbons (Fsp3) is 0.529. The van der Waals surface area contributed by atoms with Crippen molar-refractivity contribution in [2.45, 2.75) is 32.2 Å². The van der Waals surface area contributed by atoms with E-state index in [1.165, 1.54) is 4.90 Å². The van der Waals surface area contributed by atoms with Gasteiger partial charge in [-0.2, -0.15) is 0 Å².